The molecule has 0 spiro atoms. The van der Waals surface area contributed by atoms with Crippen molar-refractivity contribution in [3.63, 3.8) is 0 Å². The van der Waals surface area contributed by atoms with Gasteiger partial charge >= 0.3 is 11.9 Å². The third kappa shape index (κ3) is 8.81. The summed E-state index contributed by atoms with van der Waals surface area (Å²) in [6.07, 6.45) is 4.59. The number of aliphatic carboxylic acids is 1. The lowest BCUT2D eigenvalue weighted by Gasteiger charge is -2.32. The molecule has 202 valence electrons. The highest BCUT2D eigenvalue weighted by Crippen LogP contribution is 2.40. The largest absolute Gasteiger partial charge is 0.481 e. The molecule has 0 aliphatic heterocycles. The number of anilines is 1. The van der Waals surface area contributed by atoms with Crippen LogP contribution < -0.4 is 15.9 Å². The predicted octanol–water partition coefficient (Wildman–Crippen LogP) is 2.52. The van der Waals surface area contributed by atoms with Gasteiger partial charge in [0, 0.05) is 6.04 Å². The highest BCUT2D eigenvalue weighted by atomic mass is 31.2. The number of aromatic nitrogens is 4. The summed E-state index contributed by atoms with van der Waals surface area (Å²) in [6, 6.07) is -0.645. The smallest absolute Gasteiger partial charge is 0.326 e. The molecule has 0 aromatic carbocycles. The van der Waals surface area contributed by atoms with Gasteiger partial charge in [0.15, 0.2) is 11.5 Å². The Balaban J connectivity index is 2.10. The van der Waals surface area contributed by atoms with Gasteiger partial charge in [0.1, 0.15) is 23.7 Å². The van der Waals surface area contributed by atoms with Crippen LogP contribution in [0.4, 0.5) is 5.82 Å². The lowest BCUT2D eigenvalue weighted by molar-refractivity contribution is -0.149. The fourth-order valence-electron chi connectivity index (χ4n) is 3.55. The molecule has 5 N–H and O–H groups in total. The fraction of sp³-hybridized carbons (Fsp3) is 0.682. The summed E-state index contributed by atoms with van der Waals surface area (Å²) in [5.74, 6) is -1.33. The first-order valence-corrected chi connectivity index (χ1v) is 13.8. The van der Waals surface area contributed by atoms with Crippen molar-refractivity contribution in [2.75, 3.05) is 18.7 Å². The van der Waals surface area contributed by atoms with E-state index in [9.17, 15) is 14.2 Å². The second-order valence-electron chi connectivity index (χ2n) is 9.38. The van der Waals surface area contributed by atoms with Crippen LogP contribution in [0.25, 0.3) is 11.2 Å². The van der Waals surface area contributed by atoms with Gasteiger partial charge in [-0.1, -0.05) is 19.8 Å². The Bertz CT molecular complexity index is 1080. The summed E-state index contributed by atoms with van der Waals surface area (Å²) < 4.78 is 26.9. The highest BCUT2D eigenvalue weighted by Gasteiger charge is 2.38. The maximum absolute atomic E-state index is 13.9. The molecular formula is C22H38N7O6P. The Kier molecular flexibility index (Phi) is 10.8. The zero-order valence-corrected chi connectivity index (χ0v) is 22.5. The first-order chi connectivity index (χ1) is 16.9. The van der Waals surface area contributed by atoms with Crippen LogP contribution in [-0.2, 0) is 30.2 Å². The maximum atomic E-state index is 13.9. The Morgan fingerprint density at radius 2 is 1.97 bits per heavy atom. The number of hydrogen-bond donors (Lipinski definition) is 4. The number of carbonyl (C=O) groups excluding carboxylic acids is 1. The molecule has 36 heavy (non-hydrogen) atoms. The van der Waals surface area contributed by atoms with Gasteiger partial charge in [0.05, 0.1) is 32.0 Å². The zero-order chi connectivity index (χ0) is 26.9. The minimum atomic E-state index is -3.61. The standard InChI is InChI=1S/C22H38N7O6P/c1-6-7-8-9-34-21(32)22(4,5)28-36(33,27-15(2)10-17(30)31)14-35-16(3)11-29-13-26-18-19(23)24-12-25-20(18)29/h12-13,15-16H,6-11,14H2,1-5H3,(H,30,31)(H2,23,24,25)(H2,27,28,33)/t15-,16-,36-/m1/s1. The van der Waals surface area contributed by atoms with Crippen LogP contribution >= 0.6 is 7.44 Å². The second kappa shape index (κ2) is 13.1. The number of nitrogen functional groups attached to an aromatic ring is 1. The average molecular weight is 528 g/mol. The van der Waals surface area contributed by atoms with Gasteiger partial charge in [-0.25, -0.2) is 25.1 Å². The Morgan fingerprint density at radius 3 is 2.64 bits per heavy atom. The van der Waals surface area contributed by atoms with E-state index in [0.29, 0.717) is 17.7 Å². The number of nitrogens with zero attached hydrogens (tertiary/aromatic N) is 4. The number of rotatable bonds is 16. The van der Waals surface area contributed by atoms with E-state index in [2.05, 4.69) is 25.1 Å². The maximum Gasteiger partial charge on any atom is 0.326 e. The Hall–Kier alpha value is -2.60. The number of nitrogens with one attached hydrogen (secondary N) is 2. The summed E-state index contributed by atoms with van der Waals surface area (Å²) in [7, 11) is -3.61. The van der Waals surface area contributed by atoms with Gasteiger partial charge in [-0.05, 0) is 34.1 Å². The number of nitrogens with two attached hydrogens (primary N) is 1. The summed E-state index contributed by atoms with van der Waals surface area (Å²) >= 11 is 0. The highest BCUT2D eigenvalue weighted by molar-refractivity contribution is 7.59. The predicted molar refractivity (Wildman–Crippen MR) is 135 cm³/mol. The van der Waals surface area contributed by atoms with E-state index in [1.165, 1.54) is 6.33 Å². The van der Waals surface area contributed by atoms with E-state index in [0.717, 1.165) is 19.3 Å². The average Bonchev–Trinajstić information content (AvgIpc) is 3.18. The van der Waals surface area contributed by atoms with Crippen LogP contribution in [0, 0.1) is 0 Å². The van der Waals surface area contributed by atoms with E-state index >= 15 is 0 Å². The quantitative estimate of drug-likeness (QED) is 0.142. The van der Waals surface area contributed by atoms with Gasteiger partial charge < -0.3 is 24.9 Å². The van der Waals surface area contributed by atoms with Gasteiger partial charge in [-0.15, -0.1) is 0 Å². The van der Waals surface area contributed by atoms with E-state index in [-0.39, 0.29) is 25.2 Å². The SMILES string of the molecule is CCCCCOC(=O)C(C)(C)N[P@@](=O)(CO[C@H](C)Cn1cnc2c(N)ncnc21)N[C@H](C)CC(=O)O. The Labute approximate surface area is 211 Å². The minimum Gasteiger partial charge on any atom is -0.481 e. The molecule has 0 saturated carbocycles. The lowest BCUT2D eigenvalue weighted by Crippen LogP contribution is -2.49. The molecule has 13 nitrogen and oxygen atoms in total. The van der Waals surface area contributed by atoms with E-state index < -0.39 is 37.1 Å². The third-order valence-corrected chi connectivity index (χ3v) is 7.58. The number of unbranched alkanes of at least 4 members (excludes halogenated alkanes) is 2. The van der Waals surface area contributed by atoms with Crippen molar-refractivity contribution in [3.05, 3.63) is 12.7 Å². The normalized spacial score (nSPS) is 15.4. The zero-order valence-electron chi connectivity index (χ0n) is 21.6. The molecule has 2 aromatic heterocycles. The molecule has 0 aliphatic carbocycles. The first-order valence-electron chi connectivity index (χ1n) is 11.9. The molecule has 2 rings (SSSR count). The Morgan fingerprint density at radius 1 is 1.25 bits per heavy atom. The number of imidazole rings is 1. The van der Waals surface area contributed by atoms with Crippen LogP contribution in [-0.4, -0.2) is 67.2 Å². The van der Waals surface area contributed by atoms with Crippen molar-refractivity contribution in [2.24, 2.45) is 0 Å². The van der Waals surface area contributed by atoms with Crippen LogP contribution in [0.15, 0.2) is 12.7 Å². The minimum absolute atomic E-state index is 0.259. The molecule has 3 atom stereocenters. The number of hydrogen-bond acceptors (Lipinski definition) is 9. The summed E-state index contributed by atoms with van der Waals surface area (Å²) in [5.41, 5.74) is 5.54. The van der Waals surface area contributed by atoms with Gasteiger partial charge in [0.2, 0.25) is 7.44 Å². The molecule has 0 radical (unpaired) electrons. The second-order valence-corrected chi connectivity index (χ2v) is 11.6. The molecule has 0 bridgehead atoms. The molecule has 2 heterocycles. The molecular weight excluding hydrogens is 489 g/mol. The molecule has 0 amide bonds. The van der Waals surface area contributed by atoms with Crippen LogP contribution in [0.1, 0.15) is 60.3 Å². The fourth-order valence-corrected chi connectivity index (χ4v) is 6.02. The monoisotopic (exact) mass is 527 g/mol. The van der Waals surface area contributed by atoms with E-state index in [4.69, 9.17) is 20.3 Å². The number of carboxylic acids is 1. The van der Waals surface area contributed by atoms with Crippen molar-refractivity contribution < 1.29 is 28.7 Å². The van der Waals surface area contributed by atoms with Gasteiger partial charge in [0.25, 0.3) is 0 Å². The van der Waals surface area contributed by atoms with Crippen LogP contribution in [0.2, 0.25) is 0 Å². The van der Waals surface area contributed by atoms with Crippen molar-refractivity contribution >= 4 is 36.4 Å². The lowest BCUT2D eigenvalue weighted by atomic mass is 10.1. The number of ether oxygens (including phenoxy) is 2. The van der Waals surface area contributed by atoms with Crippen molar-refractivity contribution in [2.45, 2.75) is 84.5 Å². The summed E-state index contributed by atoms with van der Waals surface area (Å²) in [4.78, 5) is 36.2. The van der Waals surface area contributed by atoms with Crippen molar-refractivity contribution in [1.29, 1.82) is 0 Å². The molecule has 0 aliphatic rings. The van der Waals surface area contributed by atoms with E-state index in [1.54, 1.807) is 38.6 Å². The summed E-state index contributed by atoms with van der Waals surface area (Å²) in [6.45, 7) is 9.17. The molecule has 0 unspecified atom stereocenters. The topological polar surface area (TPSA) is 184 Å². The van der Waals surface area contributed by atoms with Crippen molar-refractivity contribution in [1.82, 2.24) is 29.7 Å². The van der Waals surface area contributed by atoms with Crippen LogP contribution in [0.5, 0.6) is 0 Å². The first kappa shape index (κ1) is 29.6. The molecule has 14 heteroatoms. The molecule has 0 fully saturated rings. The van der Waals surface area contributed by atoms with Gasteiger partial charge in [-0.3, -0.25) is 14.2 Å². The number of fused-ring (bicyclic) bond motifs is 1. The number of carboxylic acid groups (broad SMARTS) is 1. The van der Waals surface area contributed by atoms with Crippen LogP contribution in [0.3, 0.4) is 0 Å². The third-order valence-electron chi connectivity index (χ3n) is 5.29. The number of esters is 1. The molecule has 0 saturated heterocycles. The summed E-state index contributed by atoms with van der Waals surface area (Å²) in [5, 5.41) is 14.8. The van der Waals surface area contributed by atoms with Gasteiger partial charge in [-0.2, -0.15) is 0 Å². The van der Waals surface area contributed by atoms with Crippen molar-refractivity contribution in [3.8, 4) is 0 Å². The molecule has 2 aromatic rings. The van der Waals surface area contributed by atoms with E-state index in [1.807, 2.05) is 6.92 Å². The number of carbonyl (C=O) groups is 2.